The summed E-state index contributed by atoms with van der Waals surface area (Å²) in [5.74, 6) is -1.46. The van der Waals surface area contributed by atoms with Crippen molar-refractivity contribution >= 4 is 22.7 Å². The van der Waals surface area contributed by atoms with Crippen molar-refractivity contribution in [3.63, 3.8) is 0 Å². The van der Waals surface area contributed by atoms with E-state index in [-0.39, 0.29) is 11.5 Å². The van der Waals surface area contributed by atoms with Crippen LogP contribution in [0.15, 0.2) is 21.9 Å². The molecule has 10 heteroatoms. The van der Waals surface area contributed by atoms with Gasteiger partial charge in [-0.15, -0.1) is 11.8 Å². The van der Waals surface area contributed by atoms with E-state index in [0.29, 0.717) is 30.4 Å². The summed E-state index contributed by atoms with van der Waals surface area (Å²) >= 11 is 1.32. The number of hydrogen-bond acceptors (Lipinski definition) is 8. The topological polar surface area (TPSA) is 139 Å². The number of aromatic hydroxyl groups is 1. The number of thioether (sulfide) groups is 1. The van der Waals surface area contributed by atoms with Crippen LogP contribution in [0.25, 0.3) is 0 Å². The molecule has 0 radical (unpaired) electrons. The summed E-state index contributed by atoms with van der Waals surface area (Å²) in [5, 5.41) is 13.1. The third kappa shape index (κ3) is 5.59. The second kappa shape index (κ2) is 9.75. The minimum Gasteiger partial charge on any atom is -0.508 e. The number of nitrogens with two attached hydrogens (primary N) is 1. The van der Waals surface area contributed by atoms with Crippen LogP contribution in [0.5, 0.6) is 5.75 Å². The fraction of sp³-hybridized carbons (Fsp3) is 0.632. The lowest BCUT2D eigenvalue weighted by Gasteiger charge is -2.28. The van der Waals surface area contributed by atoms with E-state index < -0.39 is 29.0 Å². The van der Waals surface area contributed by atoms with E-state index in [9.17, 15) is 14.7 Å². The number of rotatable bonds is 10. The molecule has 1 aromatic rings. The van der Waals surface area contributed by atoms with Crippen molar-refractivity contribution in [1.82, 2.24) is 10.3 Å². The smallest absolute Gasteiger partial charge is 0.264 e. The van der Waals surface area contributed by atoms with E-state index >= 15 is 0 Å². The minimum atomic E-state index is -1.49. The monoisotopic (exact) mass is 426 g/mol. The zero-order chi connectivity index (χ0) is 21.7. The molecule has 0 bridgehead atoms. The minimum absolute atomic E-state index is 0.164. The van der Waals surface area contributed by atoms with Crippen molar-refractivity contribution in [3.05, 3.63) is 28.2 Å². The van der Waals surface area contributed by atoms with Gasteiger partial charge in [-0.1, -0.05) is 13.3 Å². The Morgan fingerprint density at radius 3 is 2.62 bits per heavy atom. The van der Waals surface area contributed by atoms with Gasteiger partial charge in [0.25, 0.3) is 11.5 Å². The van der Waals surface area contributed by atoms with Crippen LogP contribution >= 0.6 is 11.8 Å². The van der Waals surface area contributed by atoms with Crippen molar-refractivity contribution < 1.29 is 19.4 Å². The van der Waals surface area contributed by atoms with E-state index in [1.165, 1.54) is 17.8 Å². The summed E-state index contributed by atoms with van der Waals surface area (Å²) < 4.78 is 11.4. The second-order valence-corrected chi connectivity index (χ2v) is 7.88. The van der Waals surface area contributed by atoms with Gasteiger partial charge in [-0.25, -0.2) is 4.99 Å². The molecule has 29 heavy (non-hydrogen) atoms. The van der Waals surface area contributed by atoms with Gasteiger partial charge in [-0.05, 0) is 27.2 Å². The molecule has 0 unspecified atom stereocenters. The van der Waals surface area contributed by atoms with E-state index in [1.54, 1.807) is 6.92 Å². The zero-order valence-corrected chi connectivity index (χ0v) is 18.1. The van der Waals surface area contributed by atoms with Crippen LogP contribution in [0.2, 0.25) is 0 Å². The lowest BCUT2D eigenvalue weighted by atomic mass is 10.1. The van der Waals surface area contributed by atoms with Crippen LogP contribution in [-0.2, 0) is 14.3 Å². The molecule has 2 heterocycles. The Labute approximate surface area is 174 Å². The number of H-pyrrole nitrogens is 1. The first-order chi connectivity index (χ1) is 13.7. The molecule has 0 saturated heterocycles. The number of amides is 1. The summed E-state index contributed by atoms with van der Waals surface area (Å²) in [4.78, 5) is 31.8. The summed E-state index contributed by atoms with van der Waals surface area (Å²) in [6.45, 7) is 8.26. The Kier molecular flexibility index (Phi) is 7.87. The molecule has 0 aliphatic carbocycles. The SMILES string of the molecule is CCC[C@@H](NC(=O)[C@]1(N)CSC(C(C)(OCC)OCC)=N1)c1cc(O)cc(=O)[nH]1. The zero-order valence-electron chi connectivity index (χ0n) is 17.3. The number of nitrogens with zero attached hydrogens (tertiary/aromatic N) is 1. The highest BCUT2D eigenvalue weighted by Gasteiger charge is 2.46. The lowest BCUT2D eigenvalue weighted by Crippen LogP contribution is -2.54. The Morgan fingerprint density at radius 2 is 2.07 bits per heavy atom. The van der Waals surface area contributed by atoms with Gasteiger partial charge in [0.15, 0.2) is 5.66 Å². The number of pyridine rings is 1. The van der Waals surface area contributed by atoms with Gasteiger partial charge in [0.2, 0.25) is 5.79 Å². The quantitative estimate of drug-likeness (QED) is 0.417. The lowest BCUT2D eigenvalue weighted by molar-refractivity contribution is -0.169. The maximum absolute atomic E-state index is 13.0. The van der Waals surface area contributed by atoms with Crippen molar-refractivity contribution in [2.75, 3.05) is 19.0 Å². The third-order valence-electron chi connectivity index (χ3n) is 4.46. The largest absolute Gasteiger partial charge is 0.508 e. The molecule has 5 N–H and O–H groups in total. The second-order valence-electron chi connectivity index (χ2n) is 6.91. The number of hydrogen-bond donors (Lipinski definition) is 4. The normalized spacial score (nSPS) is 20.4. The molecule has 1 aliphatic heterocycles. The molecule has 1 amide bonds. The van der Waals surface area contributed by atoms with Gasteiger partial charge in [0, 0.05) is 36.8 Å². The number of ether oxygens (including phenoxy) is 2. The molecule has 0 aromatic carbocycles. The predicted molar refractivity (Wildman–Crippen MR) is 113 cm³/mol. The fourth-order valence-electron chi connectivity index (χ4n) is 3.10. The molecule has 1 aromatic heterocycles. The van der Waals surface area contributed by atoms with Crippen LogP contribution in [0, 0.1) is 0 Å². The van der Waals surface area contributed by atoms with Gasteiger partial charge < -0.3 is 24.9 Å². The fourth-order valence-corrected chi connectivity index (χ4v) is 4.26. The molecular formula is C19H30N4O5S. The van der Waals surface area contributed by atoms with E-state index in [0.717, 1.165) is 12.5 Å². The number of aromatic nitrogens is 1. The third-order valence-corrected chi connectivity index (χ3v) is 5.78. The summed E-state index contributed by atoms with van der Waals surface area (Å²) in [5.41, 5.74) is 4.79. The van der Waals surface area contributed by atoms with Gasteiger partial charge in [0.1, 0.15) is 10.8 Å². The molecule has 0 spiro atoms. The van der Waals surface area contributed by atoms with Crippen LogP contribution < -0.4 is 16.6 Å². The molecule has 0 saturated carbocycles. The highest BCUT2D eigenvalue weighted by Crippen LogP contribution is 2.33. The van der Waals surface area contributed by atoms with Gasteiger partial charge in [0.05, 0.1) is 6.04 Å². The molecule has 162 valence electrons. The number of aliphatic imine (C=N–C) groups is 1. The number of carbonyl (C=O) groups is 1. The first kappa shape index (κ1) is 23.4. The Bertz CT molecular complexity index is 806. The number of carbonyl (C=O) groups excluding carboxylic acids is 1. The van der Waals surface area contributed by atoms with Crippen LogP contribution in [0.4, 0.5) is 0 Å². The average molecular weight is 427 g/mol. The van der Waals surface area contributed by atoms with Crippen molar-refractivity contribution in [2.45, 2.75) is 58.0 Å². The van der Waals surface area contributed by atoms with Crippen molar-refractivity contribution in [2.24, 2.45) is 10.7 Å². The number of nitrogens with one attached hydrogen (secondary N) is 2. The predicted octanol–water partition coefficient (Wildman–Crippen LogP) is 1.63. The van der Waals surface area contributed by atoms with E-state index in [2.05, 4.69) is 15.3 Å². The van der Waals surface area contributed by atoms with E-state index in [4.69, 9.17) is 15.2 Å². The summed E-state index contributed by atoms with van der Waals surface area (Å²) in [7, 11) is 0. The Morgan fingerprint density at radius 1 is 1.41 bits per heavy atom. The highest BCUT2D eigenvalue weighted by molar-refractivity contribution is 8.14. The van der Waals surface area contributed by atoms with Crippen molar-refractivity contribution in [1.29, 1.82) is 0 Å². The van der Waals surface area contributed by atoms with Gasteiger partial charge in [-0.3, -0.25) is 15.3 Å². The standard InChI is InChI=1S/C19H30N4O5S/c1-5-8-13(14-9-12(24)10-15(25)21-14)22-16(26)19(20)11-29-17(23-19)18(4,27-6-2)28-7-3/h9-10,13H,5-8,11,20H2,1-4H3,(H,22,26)(H2,21,24,25)/t13-,19+/m1/s1. The molecule has 2 rings (SSSR count). The molecule has 1 aliphatic rings. The molecule has 2 atom stereocenters. The summed E-state index contributed by atoms with van der Waals surface area (Å²) in [6.07, 6.45) is 1.30. The molecule has 9 nitrogen and oxygen atoms in total. The van der Waals surface area contributed by atoms with E-state index in [1.807, 2.05) is 20.8 Å². The Balaban J connectivity index is 2.25. The van der Waals surface area contributed by atoms with Gasteiger partial charge >= 0.3 is 0 Å². The molecule has 0 fully saturated rings. The first-order valence-electron chi connectivity index (χ1n) is 9.71. The number of aromatic amines is 1. The van der Waals surface area contributed by atoms with Crippen LogP contribution in [-0.4, -0.2) is 51.5 Å². The highest BCUT2D eigenvalue weighted by atomic mass is 32.2. The van der Waals surface area contributed by atoms with Crippen LogP contribution in [0.3, 0.4) is 0 Å². The van der Waals surface area contributed by atoms with Crippen molar-refractivity contribution in [3.8, 4) is 5.75 Å². The van der Waals surface area contributed by atoms with Crippen LogP contribution in [0.1, 0.15) is 52.3 Å². The maximum atomic E-state index is 13.0. The average Bonchev–Trinajstić information content (AvgIpc) is 3.05. The summed E-state index contributed by atoms with van der Waals surface area (Å²) in [6, 6.07) is 1.98. The Hall–Kier alpha value is -1.88. The maximum Gasteiger partial charge on any atom is 0.264 e. The van der Waals surface area contributed by atoms with Gasteiger partial charge in [-0.2, -0.15) is 0 Å². The first-order valence-corrected chi connectivity index (χ1v) is 10.7. The molecular weight excluding hydrogens is 396 g/mol.